The van der Waals surface area contributed by atoms with Gasteiger partial charge in [0.1, 0.15) is 13.2 Å². The quantitative estimate of drug-likeness (QED) is 0.907. The molecular weight excluding hydrogens is 268 g/mol. The Labute approximate surface area is 126 Å². The number of fused-ring (bicyclic) bond motifs is 1. The van der Waals surface area contributed by atoms with E-state index in [1.807, 2.05) is 18.2 Å². The highest BCUT2D eigenvalue weighted by Gasteiger charge is 2.14. The fraction of sp³-hybridized carbons (Fsp3) is 0.562. The Morgan fingerprint density at radius 3 is 2.71 bits per heavy atom. The standard InChI is InChI=1S/C16H24N2O3/c1-12(2)6-7-17-16(19)18(3)11-13-4-5-14-15(10-13)21-9-8-20-14/h4-5,10,12H,6-9,11H2,1-3H3,(H,17,19). The fourth-order valence-electron chi connectivity index (χ4n) is 2.13. The first-order chi connectivity index (χ1) is 10.1. The van der Waals surface area contributed by atoms with E-state index in [2.05, 4.69) is 19.2 Å². The van der Waals surface area contributed by atoms with Gasteiger partial charge in [0.2, 0.25) is 0 Å². The van der Waals surface area contributed by atoms with Gasteiger partial charge in [0.15, 0.2) is 11.5 Å². The van der Waals surface area contributed by atoms with Crippen molar-refractivity contribution in [3.63, 3.8) is 0 Å². The van der Waals surface area contributed by atoms with Crippen LogP contribution in [-0.2, 0) is 6.54 Å². The SMILES string of the molecule is CC(C)CCNC(=O)N(C)Cc1ccc2c(c1)OCCO2. The van der Waals surface area contributed by atoms with Gasteiger partial charge >= 0.3 is 6.03 Å². The van der Waals surface area contributed by atoms with Gasteiger partial charge in [-0.1, -0.05) is 19.9 Å². The summed E-state index contributed by atoms with van der Waals surface area (Å²) in [6, 6.07) is 5.75. The van der Waals surface area contributed by atoms with Crippen LogP contribution in [-0.4, -0.2) is 37.7 Å². The Morgan fingerprint density at radius 2 is 2.00 bits per heavy atom. The Morgan fingerprint density at radius 1 is 1.29 bits per heavy atom. The molecule has 0 saturated carbocycles. The van der Waals surface area contributed by atoms with E-state index in [0.29, 0.717) is 32.2 Å². The zero-order chi connectivity index (χ0) is 15.2. The molecule has 1 heterocycles. The molecular formula is C16H24N2O3. The van der Waals surface area contributed by atoms with Gasteiger partial charge in [0.25, 0.3) is 0 Å². The third-order valence-electron chi connectivity index (χ3n) is 3.37. The summed E-state index contributed by atoms with van der Waals surface area (Å²) >= 11 is 0. The molecule has 0 saturated heterocycles. The van der Waals surface area contributed by atoms with Crippen molar-refractivity contribution in [1.29, 1.82) is 0 Å². The molecule has 0 radical (unpaired) electrons. The van der Waals surface area contributed by atoms with E-state index in [0.717, 1.165) is 23.5 Å². The topological polar surface area (TPSA) is 50.8 Å². The number of amides is 2. The van der Waals surface area contributed by atoms with Crippen LogP contribution in [0.1, 0.15) is 25.8 Å². The number of hydrogen-bond donors (Lipinski definition) is 1. The predicted octanol–water partition coefficient (Wildman–Crippen LogP) is 2.65. The summed E-state index contributed by atoms with van der Waals surface area (Å²) in [4.78, 5) is 13.6. The molecule has 1 N–H and O–H groups in total. The summed E-state index contributed by atoms with van der Waals surface area (Å²) in [7, 11) is 1.79. The predicted molar refractivity (Wildman–Crippen MR) is 81.8 cm³/mol. The summed E-state index contributed by atoms with van der Waals surface area (Å²) in [5.41, 5.74) is 1.03. The number of rotatable bonds is 5. The van der Waals surface area contributed by atoms with Crippen LogP contribution < -0.4 is 14.8 Å². The number of carbonyl (C=O) groups is 1. The normalized spacial score (nSPS) is 13.1. The maximum absolute atomic E-state index is 12.0. The van der Waals surface area contributed by atoms with E-state index in [1.54, 1.807) is 11.9 Å². The molecule has 2 amide bonds. The number of ether oxygens (including phenoxy) is 2. The average molecular weight is 292 g/mol. The van der Waals surface area contributed by atoms with Gasteiger partial charge in [-0.05, 0) is 30.0 Å². The molecule has 0 fully saturated rings. The molecule has 5 heteroatoms. The van der Waals surface area contributed by atoms with Crippen LogP contribution >= 0.6 is 0 Å². The van der Waals surface area contributed by atoms with Gasteiger partial charge in [-0.25, -0.2) is 4.79 Å². The third kappa shape index (κ3) is 4.55. The molecule has 1 aliphatic rings. The van der Waals surface area contributed by atoms with Crippen molar-refractivity contribution in [2.45, 2.75) is 26.8 Å². The van der Waals surface area contributed by atoms with Crippen LogP contribution in [0.3, 0.4) is 0 Å². The molecule has 1 aromatic carbocycles. The summed E-state index contributed by atoms with van der Waals surface area (Å²) in [5.74, 6) is 2.12. The number of carbonyl (C=O) groups excluding carboxylic acids is 1. The van der Waals surface area contributed by atoms with Crippen LogP contribution in [0.4, 0.5) is 4.79 Å². The molecule has 116 valence electrons. The van der Waals surface area contributed by atoms with Crippen LogP contribution in [0.15, 0.2) is 18.2 Å². The highest BCUT2D eigenvalue weighted by molar-refractivity contribution is 5.73. The van der Waals surface area contributed by atoms with Crippen molar-refractivity contribution in [1.82, 2.24) is 10.2 Å². The van der Waals surface area contributed by atoms with Crippen molar-refractivity contribution >= 4 is 6.03 Å². The van der Waals surface area contributed by atoms with E-state index in [-0.39, 0.29) is 6.03 Å². The lowest BCUT2D eigenvalue weighted by atomic mass is 10.1. The first-order valence-corrected chi connectivity index (χ1v) is 7.43. The van der Waals surface area contributed by atoms with Crippen molar-refractivity contribution < 1.29 is 14.3 Å². The maximum Gasteiger partial charge on any atom is 0.317 e. The first kappa shape index (κ1) is 15.5. The van der Waals surface area contributed by atoms with E-state index >= 15 is 0 Å². The van der Waals surface area contributed by atoms with Gasteiger partial charge in [0, 0.05) is 20.1 Å². The Balaban J connectivity index is 1.87. The molecule has 0 atom stereocenters. The Kier molecular flexibility index (Phi) is 5.31. The van der Waals surface area contributed by atoms with Crippen molar-refractivity contribution in [3.05, 3.63) is 23.8 Å². The monoisotopic (exact) mass is 292 g/mol. The molecule has 0 bridgehead atoms. The molecule has 0 aromatic heterocycles. The minimum absolute atomic E-state index is 0.0504. The molecule has 1 aromatic rings. The van der Waals surface area contributed by atoms with Gasteiger partial charge in [-0.15, -0.1) is 0 Å². The van der Waals surface area contributed by atoms with Crippen LogP contribution in [0, 0.1) is 5.92 Å². The molecule has 0 unspecified atom stereocenters. The molecule has 21 heavy (non-hydrogen) atoms. The molecule has 0 aliphatic carbocycles. The van der Waals surface area contributed by atoms with Gasteiger partial charge in [-0.3, -0.25) is 0 Å². The molecule has 1 aliphatic heterocycles. The second kappa shape index (κ2) is 7.20. The number of nitrogens with zero attached hydrogens (tertiary/aromatic N) is 1. The van der Waals surface area contributed by atoms with Gasteiger partial charge in [0.05, 0.1) is 0 Å². The Bertz CT molecular complexity index is 488. The minimum Gasteiger partial charge on any atom is -0.486 e. The lowest BCUT2D eigenvalue weighted by molar-refractivity contribution is 0.171. The van der Waals surface area contributed by atoms with Gasteiger partial charge < -0.3 is 19.7 Å². The summed E-state index contributed by atoms with van der Waals surface area (Å²) in [6.45, 7) is 6.70. The Hall–Kier alpha value is -1.91. The lowest BCUT2D eigenvalue weighted by Crippen LogP contribution is -2.37. The van der Waals surface area contributed by atoms with Crippen molar-refractivity contribution in [2.24, 2.45) is 5.92 Å². The van der Waals surface area contributed by atoms with E-state index in [1.165, 1.54) is 0 Å². The van der Waals surface area contributed by atoms with Crippen molar-refractivity contribution in [3.8, 4) is 11.5 Å². The van der Waals surface area contributed by atoms with Crippen molar-refractivity contribution in [2.75, 3.05) is 26.8 Å². The smallest absolute Gasteiger partial charge is 0.317 e. The highest BCUT2D eigenvalue weighted by Crippen LogP contribution is 2.30. The largest absolute Gasteiger partial charge is 0.486 e. The maximum atomic E-state index is 12.0. The number of benzene rings is 1. The highest BCUT2D eigenvalue weighted by atomic mass is 16.6. The number of nitrogens with one attached hydrogen (secondary N) is 1. The lowest BCUT2D eigenvalue weighted by Gasteiger charge is -2.21. The second-order valence-corrected chi connectivity index (χ2v) is 5.75. The van der Waals surface area contributed by atoms with Gasteiger partial charge in [-0.2, -0.15) is 0 Å². The van der Waals surface area contributed by atoms with Crippen LogP contribution in [0.2, 0.25) is 0 Å². The average Bonchev–Trinajstić information content (AvgIpc) is 2.46. The first-order valence-electron chi connectivity index (χ1n) is 7.43. The fourth-order valence-corrected chi connectivity index (χ4v) is 2.13. The zero-order valence-corrected chi connectivity index (χ0v) is 13.0. The van der Waals surface area contributed by atoms with E-state index in [4.69, 9.17) is 9.47 Å². The minimum atomic E-state index is -0.0504. The number of urea groups is 1. The van der Waals surface area contributed by atoms with Crippen LogP contribution in [0.5, 0.6) is 11.5 Å². The summed E-state index contributed by atoms with van der Waals surface area (Å²) in [6.07, 6.45) is 0.990. The summed E-state index contributed by atoms with van der Waals surface area (Å²) in [5, 5.41) is 2.93. The van der Waals surface area contributed by atoms with E-state index in [9.17, 15) is 4.79 Å². The second-order valence-electron chi connectivity index (χ2n) is 5.75. The molecule has 5 nitrogen and oxygen atoms in total. The third-order valence-corrected chi connectivity index (χ3v) is 3.37. The number of hydrogen-bond acceptors (Lipinski definition) is 3. The summed E-state index contributed by atoms with van der Waals surface area (Å²) < 4.78 is 11.0. The van der Waals surface area contributed by atoms with Crippen LogP contribution in [0.25, 0.3) is 0 Å². The van der Waals surface area contributed by atoms with E-state index < -0.39 is 0 Å². The molecule has 2 rings (SSSR count). The molecule has 0 spiro atoms. The zero-order valence-electron chi connectivity index (χ0n) is 13.0.